The van der Waals surface area contributed by atoms with Crippen LogP contribution >= 0.6 is 11.6 Å². The van der Waals surface area contributed by atoms with Gasteiger partial charge < -0.3 is 15.8 Å². The van der Waals surface area contributed by atoms with Crippen LogP contribution < -0.4 is 15.8 Å². The first-order valence-electron chi connectivity index (χ1n) is 11.3. The van der Waals surface area contributed by atoms with Crippen LogP contribution in [0.3, 0.4) is 0 Å². The van der Waals surface area contributed by atoms with Crippen molar-refractivity contribution in [2.24, 2.45) is 10.7 Å². The molecule has 9 heteroatoms. The number of carbonyl (C=O) groups is 1. The molecule has 0 unspecified atom stereocenters. The van der Waals surface area contributed by atoms with Crippen LogP contribution in [0.2, 0.25) is 5.02 Å². The zero-order valence-electron chi connectivity index (χ0n) is 19.7. The van der Waals surface area contributed by atoms with Crippen molar-refractivity contribution in [3.8, 4) is 11.5 Å². The number of anilines is 1. The lowest BCUT2D eigenvalue weighted by Gasteiger charge is -2.13. The topological polar surface area (TPSA) is 76.7 Å². The largest absolute Gasteiger partial charge is 0.455 e. The van der Waals surface area contributed by atoms with Crippen molar-refractivity contribution in [1.82, 2.24) is 0 Å². The number of carbonyl (C=O) groups excluding carboxylic acids is 1. The molecule has 38 heavy (non-hydrogen) atoms. The SMILES string of the molecule is N/C(=C\C(=Nc1ccccc1Cl)c1ccc(C(=O)Nc2ccccc2Oc2ccccc2)cc1)C(F)(F)F. The van der Waals surface area contributed by atoms with Crippen LogP contribution in [0.4, 0.5) is 24.5 Å². The number of nitrogens with zero attached hydrogens (tertiary/aromatic N) is 1. The van der Waals surface area contributed by atoms with Crippen molar-refractivity contribution in [1.29, 1.82) is 0 Å². The predicted octanol–water partition coefficient (Wildman–Crippen LogP) is 7.91. The van der Waals surface area contributed by atoms with Crippen LogP contribution in [0.25, 0.3) is 0 Å². The van der Waals surface area contributed by atoms with E-state index in [1.165, 1.54) is 24.3 Å². The molecule has 5 nitrogen and oxygen atoms in total. The third-order valence-corrected chi connectivity index (χ3v) is 5.58. The summed E-state index contributed by atoms with van der Waals surface area (Å²) in [5.41, 5.74) is 5.17. The van der Waals surface area contributed by atoms with E-state index in [-0.39, 0.29) is 22.0 Å². The maximum Gasteiger partial charge on any atom is 0.430 e. The van der Waals surface area contributed by atoms with Crippen molar-refractivity contribution in [3.05, 3.63) is 131 Å². The quantitative estimate of drug-likeness (QED) is 0.236. The number of hydrogen-bond donors (Lipinski definition) is 2. The van der Waals surface area contributed by atoms with E-state index in [0.717, 1.165) is 6.08 Å². The van der Waals surface area contributed by atoms with Crippen LogP contribution in [0.5, 0.6) is 11.5 Å². The summed E-state index contributed by atoms with van der Waals surface area (Å²) in [5, 5.41) is 3.06. The molecule has 0 aliphatic heterocycles. The Morgan fingerprint density at radius 1 is 0.842 bits per heavy atom. The van der Waals surface area contributed by atoms with Gasteiger partial charge in [0.1, 0.15) is 11.4 Å². The van der Waals surface area contributed by atoms with Crippen molar-refractivity contribution in [2.75, 3.05) is 5.32 Å². The minimum Gasteiger partial charge on any atom is -0.455 e. The summed E-state index contributed by atoms with van der Waals surface area (Å²) in [7, 11) is 0. The number of allylic oxidation sites excluding steroid dienone is 2. The monoisotopic (exact) mass is 535 g/mol. The van der Waals surface area contributed by atoms with Crippen molar-refractivity contribution in [3.63, 3.8) is 0 Å². The van der Waals surface area contributed by atoms with Gasteiger partial charge in [0.05, 0.1) is 22.1 Å². The number of alkyl halides is 3. The number of ether oxygens (including phenoxy) is 1. The third kappa shape index (κ3) is 6.80. The Labute approximate surface area is 222 Å². The van der Waals surface area contributed by atoms with Crippen molar-refractivity contribution >= 4 is 34.6 Å². The first-order valence-corrected chi connectivity index (χ1v) is 11.7. The molecule has 0 spiro atoms. The molecule has 0 aliphatic carbocycles. The average Bonchev–Trinajstić information content (AvgIpc) is 2.90. The van der Waals surface area contributed by atoms with Gasteiger partial charge in [-0.05, 0) is 54.6 Å². The fourth-order valence-electron chi connectivity index (χ4n) is 3.34. The molecule has 4 aromatic carbocycles. The number of rotatable bonds is 7. The number of nitrogens with one attached hydrogen (secondary N) is 1. The Hall–Kier alpha value is -4.56. The molecule has 0 fully saturated rings. The Bertz CT molecular complexity index is 1490. The van der Waals surface area contributed by atoms with Gasteiger partial charge in [-0.3, -0.25) is 4.79 Å². The Balaban J connectivity index is 1.60. The Kier molecular flexibility index (Phi) is 8.13. The van der Waals surface area contributed by atoms with Gasteiger partial charge in [0.15, 0.2) is 5.75 Å². The molecular weight excluding hydrogens is 515 g/mol. The van der Waals surface area contributed by atoms with Gasteiger partial charge in [-0.2, -0.15) is 13.2 Å². The second kappa shape index (κ2) is 11.7. The maximum atomic E-state index is 13.2. The standard InChI is InChI=1S/C29H21ClF3N3O2/c30-22-10-4-5-11-23(22)35-25(18-27(34)29(31,32)33)19-14-16-20(17-15-19)28(37)36-24-12-6-7-13-26(24)38-21-8-2-1-3-9-21/h1-18H,34H2,(H,36,37)/b27-18-,35-25?. The van der Waals surface area contributed by atoms with E-state index in [4.69, 9.17) is 22.1 Å². The van der Waals surface area contributed by atoms with Crippen LogP contribution in [0.15, 0.2) is 120 Å². The van der Waals surface area contributed by atoms with Gasteiger partial charge in [0.2, 0.25) is 0 Å². The highest BCUT2D eigenvalue weighted by Crippen LogP contribution is 2.30. The summed E-state index contributed by atoms with van der Waals surface area (Å²) < 4.78 is 45.3. The van der Waals surface area contributed by atoms with E-state index in [1.54, 1.807) is 60.7 Å². The summed E-state index contributed by atoms with van der Waals surface area (Å²) in [4.78, 5) is 17.2. The smallest absolute Gasteiger partial charge is 0.430 e. The summed E-state index contributed by atoms with van der Waals surface area (Å²) in [6, 6.07) is 28.5. The molecule has 192 valence electrons. The summed E-state index contributed by atoms with van der Waals surface area (Å²) in [6.45, 7) is 0. The first-order chi connectivity index (χ1) is 18.2. The molecule has 3 N–H and O–H groups in total. The van der Waals surface area contributed by atoms with Gasteiger partial charge in [-0.1, -0.05) is 66.2 Å². The summed E-state index contributed by atoms with van der Waals surface area (Å²) in [5.74, 6) is 0.622. The summed E-state index contributed by atoms with van der Waals surface area (Å²) in [6.07, 6.45) is -4.01. The molecule has 0 saturated heterocycles. The molecule has 0 atom stereocenters. The molecule has 4 aromatic rings. The van der Waals surface area contributed by atoms with Gasteiger partial charge in [-0.25, -0.2) is 4.99 Å². The molecule has 0 aliphatic rings. The number of amides is 1. The van der Waals surface area contributed by atoms with Crippen molar-refractivity contribution < 1.29 is 22.7 Å². The normalized spacial score (nSPS) is 12.2. The minimum absolute atomic E-state index is 0.0681. The highest BCUT2D eigenvalue weighted by molar-refractivity contribution is 6.33. The number of hydrogen-bond acceptors (Lipinski definition) is 4. The number of aliphatic imine (C=N–C) groups is 1. The maximum absolute atomic E-state index is 13.2. The molecule has 0 saturated carbocycles. The van der Waals surface area contributed by atoms with E-state index in [2.05, 4.69) is 10.3 Å². The lowest BCUT2D eigenvalue weighted by molar-refractivity contribution is -0.0925. The van der Waals surface area contributed by atoms with Crippen LogP contribution in [-0.2, 0) is 0 Å². The zero-order chi connectivity index (χ0) is 27.1. The third-order valence-electron chi connectivity index (χ3n) is 5.26. The van der Waals surface area contributed by atoms with Gasteiger partial charge >= 0.3 is 6.18 Å². The lowest BCUT2D eigenvalue weighted by atomic mass is 10.1. The fourth-order valence-corrected chi connectivity index (χ4v) is 3.52. The number of halogens is 4. The molecule has 4 rings (SSSR count). The number of para-hydroxylation sites is 4. The molecular formula is C29H21ClF3N3O2. The minimum atomic E-state index is -4.74. The highest BCUT2D eigenvalue weighted by Gasteiger charge is 2.31. The summed E-state index contributed by atoms with van der Waals surface area (Å²) >= 11 is 6.15. The van der Waals surface area contributed by atoms with Crippen LogP contribution in [-0.4, -0.2) is 17.8 Å². The van der Waals surface area contributed by atoms with Gasteiger partial charge in [0, 0.05) is 11.1 Å². The van der Waals surface area contributed by atoms with Crippen LogP contribution in [0.1, 0.15) is 15.9 Å². The number of nitrogens with two attached hydrogens (primary N) is 1. The fraction of sp³-hybridized carbons (Fsp3) is 0.0345. The van der Waals surface area contributed by atoms with Gasteiger partial charge in [-0.15, -0.1) is 0 Å². The molecule has 1 amide bonds. The van der Waals surface area contributed by atoms with E-state index >= 15 is 0 Å². The lowest BCUT2D eigenvalue weighted by Crippen LogP contribution is -2.21. The predicted molar refractivity (Wildman–Crippen MR) is 143 cm³/mol. The average molecular weight is 536 g/mol. The van der Waals surface area contributed by atoms with E-state index in [0.29, 0.717) is 22.7 Å². The Morgan fingerprint density at radius 2 is 1.45 bits per heavy atom. The number of benzene rings is 4. The highest BCUT2D eigenvalue weighted by atomic mass is 35.5. The Morgan fingerprint density at radius 3 is 2.13 bits per heavy atom. The molecule has 0 aromatic heterocycles. The van der Waals surface area contributed by atoms with E-state index in [9.17, 15) is 18.0 Å². The second-order valence-corrected chi connectivity index (χ2v) is 8.40. The van der Waals surface area contributed by atoms with Crippen LogP contribution in [0, 0.1) is 0 Å². The van der Waals surface area contributed by atoms with Gasteiger partial charge in [0.25, 0.3) is 5.91 Å². The zero-order valence-corrected chi connectivity index (χ0v) is 20.5. The second-order valence-electron chi connectivity index (χ2n) is 7.99. The van der Waals surface area contributed by atoms with E-state index in [1.807, 2.05) is 18.2 Å². The molecule has 0 radical (unpaired) electrons. The first kappa shape index (κ1) is 26.5. The molecule has 0 heterocycles. The van der Waals surface area contributed by atoms with Crippen molar-refractivity contribution in [2.45, 2.75) is 6.18 Å². The van der Waals surface area contributed by atoms with E-state index < -0.39 is 17.8 Å². The molecule has 0 bridgehead atoms.